The van der Waals surface area contributed by atoms with Crippen LogP contribution in [0.3, 0.4) is 0 Å². The van der Waals surface area contributed by atoms with Gasteiger partial charge < -0.3 is 19.9 Å². The van der Waals surface area contributed by atoms with Gasteiger partial charge in [-0.3, -0.25) is 4.79 Å². The first-order valence-corrected chi connectivity index (χ1v) is 9.48. The highest BCUT2D eigenvalue weighted by atomic mass is 19.1. The summed E-state index contributed by atoms with van der Waals surface area (Å²) in [5.74, 6) is 1.38. The van der Waals surface area contributed by atoms with E-state index < -0.39 is 0 Å². The molecule has 9 heteroatoms. The van der Waals surface area contributed by atoms with Gasteiger partial charge in [0.25, 0.3) is 0 Å². The molecular weight excluding hydrogens is 387 g/mol. The van der Waals surface area contributed by atoms with Gasteiger partial charge in [0, 0.05) is 37.2 Å². The number of hydrogen-bond acceptors (Lipinski definition) is 7. The Hall–Kier alpha value is -3.75. The SMILES string of the molecule is CC(=O)/C(COc1ccc(N2CCn3ccnc3C2)nn1)=C(\N)c1ccc(F)cc1. The van der Waals surface area contributed by atoms with E-state index in [1.165, 1.54) is 31.2 Å². The third-order valence-corrected chi connectivity index (χ3v) is 4.96. The number of halogens is 1. The fourth-order valence-corrected chi connectivity index (χ4v) is 3.25. The molecule has 0 radical (unpaired) electrons. The Bertz CT molecular complexity index is 1080. The van der Waals surface area contributed by atoms with Gasteiger partial charge in [-0.1, -0.05) is 0 Å². The van der Waals surface area contributed by atoms with Crippen molar-refractivity contribution in [3.05, 3.63) is 71.6 Å². The number of ketones is 1. The Morgan fingerprint density at radius 1 is 1.17 bits per heavy atom. The third-order valence-electron chi connectivity index (χ3n) is 4.96. The minimum atomic E-state index is -0.375. The van der Waals surface area contributed by atoms with Crippen LogP contribution in [0.25, 0.3) is 5.70 Å². The van der Waals surface area contributed by atoms with Crippen LogP contribution in [0.1, 0.15) is 18.3 Å². The maximum Gasteiger partial charge on any atom is 0.233 e. The van der Waals surface area contributed by atoms with Crippen molar-refractivity contribution in [2.24, 2.45) is 5.73 Å². The normalized spacial score (nSPS) is 14.1. The number of Topliss-reactive ketones (excluding diaryl/α,β-unsaturated/α-hetero) is 1. The zero-order valence-corrected chi connectivity index (χ0v) is 16.5. The first kappa shape index (κ1) is 19.6. The molecule has 3 heterocycles. The van der Waals surface area contributed by atoms with Gasteiger partial charge in [-0.05, 0) is 42.8 Å². The van der Waals surface area contributed by atoms with Crippen LogP contribution in [0, 0.1) is 5.82 Å². The lowest BCUT2D eigenvalue weighted by molar-refractivity contribution is -0.113. The number of anilines is 1. The van der Waals surface area contributed by atoms with Gasteiger partial charge in [-0.15, -0.1) is 10.2 Å². The van der Waals surface area contributed by atoms with Crippen LogP contribution >= 0.6 is 0 Å². The van der Waals surface area contributed by atoms with Crippen LogP contribution in [0.4, 0.5) is 10.2 Å². The maximum atomic E-state index is 13.1. The Labute approximate surface area is 172 Å². The zero-order chi connectivity index (χ0) is 21.1. The lowest BCUT2D eigenvalue weighted by Gasteiger charge is -2.28. The number of imidazole rings is 1. The van der Waals surface area contributed by atoms with E-state index in [0.29, 0.717) is 12.1 Å². The molecule has 2 aromatic heterocycles. The van der Waals surface area contributed by atoms with E-state index in [-0.39, 0.29) is 35.4 Å². The van der Waals surface area contributed by atoms with Crippen molar-refractivity contribution in [1.29, 1.82) is 0 Å². The molecule has 0 spiro atoms. The lowest BCUT2D eigenvalue weighted by atomic mass is 10.0. The number of nitrogens with two attached hydrogens (primary N) is 1. The van der Waals surface area contributed by atoms with Crippen molar-refractivity contribution in [3.8, 4) is 5.88 Å². The van der Waals surface area contributed by atoms with Crippen molar-refractivity contribution in [2.75, 3.05) is 18.1 Å². The fraction of sp³-hybridized carbons (Fsp3) is 0.238. The molecule has 2 N–H and O–H groups in total. The summed E-state index contributed by atoms with van der Waals surface area (Å²) in [6.45, 7) is 3.65. The molecule has 0 fully saturated rings. The van der Waals surface area contributed by atoms with Crippen LogP contribution in [0.2, 0.25) is 0 Å². The number of hydrogen-bond donors (Lipinski definition) is 1. The van der Waals surface area contributed by atoms with Gasteiger partial charge in [0.2, 0.25) is 5.88 Å². The first-order valence-electron chi connectivity index (χ1n) is 9.48. The van der Waals surface area contributed by atoms with Gasteiger partial charge in [0.15, 0.2) is 11.6 Å². The summed E-state index contributed by atoms with van der Waals surface area (Å²) in [5.41, 5.74) is 7.20. The van der Waals surface area contributed by atoms with Crippen molar-refractivity contribution in [3.63, 3.8) is 0 Å². The van der Waals surface area contributed by atoms with E-state index >= 15 is 0 Å². The zero-order valence-electron chi connectivity index (χ0n) is 16.5. The average molecular weight is 408 g/mol. The second-order valence-corrected chi connectivity index (χ2v) is 6.93. The van der Waals surface area contributed by atoms with Crippen molar-refractivity contribution in [1.82, 2.24) is 19.7 Å². The summed E-state index contributed by atoms with van der Waals surface area (Å²) in [7, 11) is 0. The Morgan fingerprint density at radius 2 is 1.97 bits per heavy atom. The number of carbonyl (C=O) groups excluding carboxylic acids is 1. The van der Waals surface area contributed by atoms with E-state index in [1.807, 2.05) is 12.3 Å². The molecule has 1 aromatic carbocycles. The van der Waals surface area contributed by atoms with Gasteiger partial charge in [0.05, 0.1) is 12.1 Å². The largest absolute Gasteiger partial charge is 0.472 e. The fourth-order valence-electron chi connectivity index (χ4n) is 3.25. The van der Waals surface area contributed by atoms with Crippen LogP contribution in [0.15, 0.2) is 54.4 Å². The van der Waals surface area contributed by atoms with Crippen molar-refractivity contribution < 1.29 is 13.9 Å². The molecule has 8 nitrogen and oxygen atoms in total. The smallest absolute Gasteiger partial charge is 0.233 e. The molecule has 0 amide bonds. The van der Waals surface area contributed by atoms with Crippen LogP contribution in [0.5, 0.6) is 5.88 Å². The second-order valence-electron chi connectivity index (χ2n) is 6.93. The van der Waals surface area contributed by atoms with Gasteiger partial charge in [-0.2, -0.15) is 0 Å². The summed E-state index contributed by atoms with van der Waals surface area (Å²) in [4.78, 5) is 18.5. The molecule has 154 valence electrons. The molecular formula is C21H21FN6O2. The van der Waals surface area contributed by atoms with Crippen LogP contribution in [-0.4, -0.2) is 38.7 Å². The molecule has 0 saturated heterocycles. The monoisotopic (exact) mass is 408 g/mol. The predicted molar refractivity (Wildman–Crippen MR) is 109 cm³/mol. The highest BCUT2D eigenvalue weighted by Crippen LogP contribution is 2.20. The Balaban J connectivity index is 1.44. The summed E-state index contributed by atoms with van der Waals surface area (Å²) in [6, 6.07) is 9.14. The van der Waals surface area contributed by atoms with Gasteiger partial charge in [0.1, 0.15) is 18.2 Å². The average Bonchev–Trinajstić information content (AvgIpc) is 3.22. The number of ether oxygens (including phenoxy) is 1. The number of benzene rings is 1. The number of fused-ring (bicyclic) bond motifs is 1. The van der Waals surface area contributed by atoms with Crippen LogP contribution < -0.4 is 15.4 Å². The van der Waals surface area contributed by atoms with Crippen LogP contribution in [-0.2, 0) is 17.9 Å². The molecule has 0 unspecified atom stereocenters. The lowest BCUT2D eigenvalue weighted by Crippen LogP contribution is -2.34. The molecule has 0 aliphatic carbocycles. The van der Waals surface area contributed by atoms with Gasteiger partial charge >= 0.3 is 0 Å². The number of aromatic nitrogens is 4. The Kier molecular flexibility index (Phi) is 5.42. The highest BCUT2D eigenvalue weighted by molar-refractivity contribution is 6.00. The van der Waals surface area contributed by atoms with E-state index in [1.54, 1.807) is 12.3 Å². The van der Waals surface area contributed by atoms with Crippen molar-refractivity contribution >= 4 is 17.3 Å². The van der Waals surface area contributed by atoms with Gasteiger partial charge in [-0.25, -0.2) is 9.37 Å². The minimum absolute atomic E-state index is 0.0618. The minimum Gasteiger partial charge on any atom is -0.472 e. The molecule has 1 aliphatic heterocycles. The highest BCUT2D eigenvalue weighted by Gasteiger charge is 2.18. The van der Waals surface area contributed by atoms with E-state index in [4.69, 9.17) is 10.5 Å². The number of nitrogens with zero attached hydrogens (tertiary/aromatic N) is 5. The predicted octanol–water partition coefficient (Wildman–Crippen LogP) is 2.17. The maximum absolute atomic E-state index is 13.1. The number of carbonyl (C=O) groups is 1. The molecule has 1 aliphatic rings. The van der Waals surface area contributed by atoms with Crippen molar-refractivity contribution in [2.45, 2.75) is 20.0 Å². The molecule has 0 bridgehead atoms. The molecule has 0 atom stereocenters. The molecule has 3 aromatic rings. The molecule has 4 rings (SSSR count). The third kappa shape index (κ3) is 4.14. The summed E-state index contributed by atoms with van der Waals surface area (Å²) >= 11 is 0. The topological polar surface area (TPSA) is 99.2 Å². The van der Waals surface area contributed by atoms with E-state index in [0.717, 1.165) is 24.7 Å². The Morgan fingerprint density at radius 3 is 2.67 bits per heavy atom. The standard InChI is InChI=1S/C21H21FN6O2/c1-14(29)17(21(23)15-2-4-16(22)5-3-15)13-30-20-7-6-18(25-26-20)28-11-10-27-9-8-24-19(27)12-28/h2-9H,10-13,23H2,1H3/b21-17-. The molecule has 0 saturated carbocycles. The first-order chi connectivity index (χ1) is 14.5. The quantitative estimate of drug-likeness (QED) is 0.624. The second kappa shape index (κ2) is 8.32. The summed E-state index contributed by atoms with van der Waals surface area (Å²) in [5, 5.41) is 8.34. The van der Waals surface area contributed by atoms with E-state index in [9.17, 15) is 9.18 Å². The number of rotatable bonds is 6. The van der Waals surface area contributed by atoms with E-state index in [2.05, 4.69) is 24.6 Å². The molecule has 30 heavy (non-hydrogen) atoms. The summed E-state index contributed by atoms with van der Waals surface area (Å²) < 4.78 is 20.9. The summed E-state index contributed by atoms with van der Waals surface area (Å²) in [6.07, 6.45) is 3.76.